The molecular formula is C17H31ClN2O2. The third-order valence-corrected chi connectivity index (χ3v) is 6.11. The molecule has 3 rings (SSSR count). The molecule has 2 aliphatic carbocycles. The molecule has 1 aliphatic heterocycles. The zero-order valence-electron chi connectivity index (χ0n) is 13.7. The van der Waals surface area contributed by atoms with Crippen LogP contribution in [0.1, 0.15) is 44.9 Å². The van der Waals surface area contributed by atoms with Crippen LogP contribution in [0, 0.1) is 23.2 Å². The first-order valence-electron chi connectivity index (χ1n) is 8.67. The fourth-order valence-electron chi connectivity index (χ4n) is 4.86. The molecule has 0 aromatic heterocycles. The predicted octanol–water partition coefficient (Wildman–Crippen LogP) is 2.37. The van der Waals surface area contributed by atoms with E-state index in [1.54, 1.807) is 7.11 Å². The topological polar surface area (TPSA) is 50.4 Å². The van der Waals surface area contributed by atoms with Crippen molar-refractivity contribution in [2.75, 3.05) is 33.4 Å². The van der Waals surface area contributed by atoms with Gasteiger partial charge in [-0.2, -0.15) is 0 Å². The highest BCUT2D eigenvalue weighted by Gasteiger charge is 2.40. The van der Waals surface area contributed by atoms with Gasteiger partial charge in [-0.25, -0.2) is 0 Å². The van der Waals surface area contributed by atoms with Crippen molar-refractivity contribution in [1.82, 2.24) is 10.6 Å². The number of rotatable bonds is 6. The van der Waals surface area contributed by atoms with Gasteiger partial charge < -0.3 is 15.4 Å². The summed E-state index contributed by atoms with van der Waals surface area (Å²) in [5.74, 6) is 2.70. The Kier molecular flexibility index (Phi) is 6.54. The number of ether oxygens (including phenoxy) is 1. The largest absolute Gasteiger partial charge is 0.384 e. The van der Waals surface area contributed by atoms with E-state index in [0.717, 1.165) is 57.3 Å². The summed E-state index contributed by atoms with van der Waals surface area (Å²) in [5.41, 5.74) is 0.143. The van der Waals surface area contributed by atoms with Crippen LogP contribution in [-0.4, -0.2) is 39.3 Å². The van der Waals surface area contributed by atoms with Crippen molar-refractivity contribution in [3.05, 3.63) is 0 Å². The lowest BCUT2D eigenvalue weighted by molar-refractivity contribution is -0.123. The van der Waals surface area contributed by atoms with Gasteiger partial charge in [-0.15, -0.1) is 12.4 Å². The molecule has 2 saturated carbocycles. The van der Waals surface area contributed by atoms with Crippen LogP contribution >= 0.6 is 12.4 Å². The number of hydrogen-bond acceptors (Lipinski definition) is 3. The van der Waals surface area contributed by atoms with E-state index in [0.29, 0.717) is 5.92 Å². The molecule has 1 saturated heterocycles. The minimum absolute atomic E-state index is 0. The molecule has 0 spiro atoms. The lowest BCUT2D eigenvalue weighted by atomic mass is 9.79. The van der Waals surface area contributed by atoms with Crippen LogP contribution in [0.15, 0.2) is 0 Å². The third kappa shape index (κ3) is 4.15. The van der Waals surface area contributed by atoms with E-state index in [1.165, 1.54) is 25.7 Å². The lowest BCUT2D eigenvalue weighted by Gasteiger charge is -2.37. The maximum absolute atomic E-state index is 12.3. The lowest BCUT2D eigenvalue weighted by Crippen LogP contribution is -2.47. The summed E-state index contributed by atoms with van der Waals surface area (Å²) in [5, 5.41) is 6.61. The number of carbonyl (C=O) groups excluding carboxylic acids is 1. The minimum atomic E-state index is 0. The van der Waals surface area contributed by atoms with Crippen molar-refractivity contribution < 1.29 is 9.53 Å². The van der Waals surface area contributed by atoms with Crippen molar-refractivity contribution in [2.45, 2.75) is 44.9 Å². The van der Waals surface area contributed by atoms with Crippen LogP contribution in [0.2, 0.25) is 0 Å². The van der Waals surface area contributed by atoms with Gasteiger partial charge in [0, 0.05) is 25.5 Å². The zero-order chi connectivity index (χ0) is 14.7. The van der Waals surface area contributed by atoms with Gasteiger partial charge in [-0.3, -0.25) is 4.79 Å². The Hall–Kier alpha value is -0.320. The standard InChI is InChI=1S/C17H30N2O2.ClH/c1-21-12-17(4-6-18-7-5-17)11-19-16(20)10-15-9-13-2-3-14(15)8-13;/h13-15,18H,2-12H2,1H3,(H,19,20);1H. The Balaban J connectivity index is 0.00000176. The van der Waals surface area contributed by atoms with E-state index in [2.05, 4.69) is 10.6 Å². The Morgan fingerprint density at radius 1 is 1.27 bits per heavy atom. The summed E-state index contributed by atoms with van der Waals surface area (Å²) in [6.45, 7) is 3.60. The number of carbonyl (C=O) groups is 1. The highest BCUT2D eigenvalue weighted by atomic mass is 35.5. The number of fused-ring (bicyclic) bond motifs is 2. The molecule has 2 bridgehead atoms. The highest BCUT2D eigenvalue weighted by molar-refractivity contribution is 5.85. The molecule has 2 N–H and O–H groups in total. The van der Waals surface area contributed by atoms with Gasteiger partial charge in [0.1, 0.15) is 0 Å². The maximum atomic E-state index is 12.3. The molecule has 3 fully saturated rings. The zero-order valence-corrected chi connectivity index (χ0v) is 14.6. The Labute approximate surface area is 140 Å². The van der Waals surface area contributed by atoms with Crippen molar-refractivity contribution in [2.24, 2.45) is 23.2 Å². The van der Waals surface area contributed by atoms with E-state index in [-0.39, 0.29) is 23.7 Å². The van der Waals surface area contributed by atoms with E-state index in [1.807, 2.05) is 0 Å². The van der Waals surface area contributed by atoms with E-state index >= 15 is 0 Å². The number of halogens is 1. The summed E-state index contributed by atoms with van der Waals surface area (Å²) in [7, 11) is 1.76. The number of piperidine rings is 1. The first kappa shape index (κ1) is 18.0. The SMILES string of the molecule is COCC1(CNC(=O)CC2CC3CCC2C3)CCNCC1.Cl. The number of nitrogens with one attached hydrogen (secondary N) is 2. The second-order valence-corrected chi connectivity index (χ2v) is 7.60. The van der Waals surface area contributed by atoms with Gasteiger partial charge in [0.2, 0.25) is 5.91 Å². The van der Waals surface area contributed by atoms with E-state index in [4.69, 9.17) is 4.74 Å². The molecule has 0 aromatic carbocycles. The van der Waals surface area contributed by atoms with Crippen molar-refractivity contribution in [3.8, 4) is 0 Å². The van der Waals surface area contributed by atoms with Crippen molar-refractivity contribution in [3.63, 3.8) is 0 Å². The van der Waals surface area contributed by atoms with Crippen LogP contribution in [0.4, 0.5) is 0 Å². The summed E-state index contributed by atoms with van der Waals surface area (Å²) < 4.78 is 5.41. The number of amides is 1. The molecular weight excluding hydrogens is 300 g/mol. The van der Waals surface area contributed by atoms with Gasteiger partial charge in [0.25, 0.3) is 0 Å². The molecule has 3 unspecified atom stereocenters. The van der Waals surface area contributed by atoms with E-state index in [9.17, 15) is 4.79 Å². The average Bonchev–Trinajstić information content (AvgIpc) is 3.09. The molecule has 0 radical (unpaired) electrons. The molecule has 5 heteroatoms. The van der Waals surface area contributed by atoms with Crippen molar-refractivity contribution >= 4 is 18.3 Å². The molecule has 3 atom stereocenters. The van der Waals surface area contributed by atoms with Crippen LogP contribution < -0.4 is 10.6 Å². The highest BCUT2D eigenvalue weighted by Crippen LogP contribution is 2.49. The van der Waals surface area contributed by atoms with Gasteiger partial charge in [0.05, 0.1) is 6.61 Å². The average molecular weight is 331 g/mol. The van der Waals surface area contributed by atoms with Crippen LogP contribution in [0.25, 0.3) is 0 Å². The molecule has 3 aliphatic rings. The first-order chi connectivity index (χ1) is 10.2. The summed E-state index contributed by atoms with van der Waals surface area (Å²) in [6, 6.07) is 0. The van der Waals surface area contributed by atoms with Crippen LogP contribution in [0.5, 0.6) is 0 Å². The Morgan fingerprint density at radius 2 is 2.05 bits per heavy atom. The normalized spacial score (nSPS) is 32.5. The smallest absolute Gasteiger partial charge is 0.220 e. The van der Waals surface area contributed by atoms with Crippen molar-refractivity contribution in [1.29, 1.82) is 0 Å². The molecule has 1 heterocycles. The van der Waals surface area contributed by atoms with Gasteiger partial charge in [0.15, 0.2) is 0 Å². The molecule has 128 valence electrons. The minimum Gasteiger partial charge on any atom is -0.384 e. The monoisotopic (exact) mass is 330 g/mol. The summed E-state index contributed by atoms with van der Waals surface area (Å²) in [6.07, 6.45) is 8.39. The van der Waals surface area contributed by atoms with Crippen LogP contribution in [0.3, 0.4) is 0 Å². The predicted molar refractivity (Wildman–Crippen MR) is 90.2 cm³/mol. The fourth-order valence-corrected chi connectivity index (χ4v) is 4.86. The molecule has 1 amide bonds. The summed E-state index contributed by atoms with van der Waals surface area (Å²) in [4.78, 5) is 12.3. The fraction of sp³-hybridized carbons (Fsp3) is 0.941. The molecule has 0 aromatic rings. The second kappa shape index (κ2) is 7.98. The second-order valence-electron chi connectivity index (χ2n) is 7.60. The van der Waals surface area contributed by atoms with Gasteiger partial charge in [-0.05, 0) is 62.9 Å². The number of methoxy groups -OCH3 is 1. The van der Waals surface area contributed by atoms with Crippen LogP contribution in [-0.2, 0) is 9.53 Å². The Morgan fingerprint density at radius 3 is 2.64 bits per heavy atom. The van der Waals surface area contributed by atoms with Gasteiger partial charge >= 0.3 is 0 Å². The molecule has 4 nitrogen and oxygen atoms in total. The van der Waals surface area contributed by atoms with Gasteiger partial charge in [-0.1, -0.05) is 6.42 Å². The third-order valence-electron chi connectivity index (χ3n) is 6.11. The summed E-state index contributed by atoms with van der Waals surface area (Å²) >= 11 is 0. The Bertz CT molecular complexity index is 366. The number of hydrogen-bond donors (Lipinski definition) is 2. The quantitative estimate of drug-likeness (QED) is 0.786. The maximum Gasteiger partial charge on any atom is 0.220 e. The first-order valence-corrected chi connectivity index (χ1v) is 8.67. The van der Waals surface area contributed by atoms with E-state index < -0.39 is 0 Å². The molecule has 22 heavy (non-hydrogen) atoms.